The van der Waals surface area contributed by atoms with Crippen molar-refractivity contribution in [2.45, 2.75) is 38.0 Å². The zero-order valence-electron chi connectivity index (χ0n) is 11.2. The largest absolute Gasteiger partial charge is 0.354 e. The molecule has 2 rings (SSSR count). The van der Waals surface area contributed by atoms with Crippen molar-refractivity contribution in [1.29, 1.82) is 0 Å². The number of hydrogen-bond donors (Lipinski definition) is 2. The lowest BCUT2D eigenvalue weighted by atomic mass is 10.2. The summed E-state index contributed by atoms with van der Waals surface area (Å²) < 4.78 is 0. The van der Waals surface area contributed by atoms with Gasteiger partial charge in [-0.3, -0.25) is 5.10 Å². The zero-order chi connectivity index (χ0) is 13.1. The van der Waals surface area contributed by atoms with E-state index in [-0.39, 0.29) is 0 Å². The van der Waals surface area contributed by atoms with Crippen LogP contribution in [0.3, 0.4) is 0 Å². The molecule has 2 N–H and O–H groups in total. The third-order valence-corrected chi connectivity index (χ3v) is 4.30. The Morgan fingerprint density at radius 2 is 2.11 bits per heavy atom. The number of aromatic nitrogens is 4. The van der Waals surface area contributed by atoms with Crippen molar-refractivity contribution in [3.8, 4) is 0 Å². The molecule has 5 nitrogen and oxygen atoms in total. The molecule has 98 valence electrons. The molecule has 1 atom stereocenters. The van der Waals surface area contributed by atoms with Gasteiger partial charge in [0, 0.05) is 11.8 Å². The highest BCUT2D eigenvalue weighted by molar-refractivity contribution is 8.00. The third kappa shape index (κ3) is 2.75. The SMILES string of the molecule is CCNc1nc(SC(C)C(C)C)c2cn[nH]c2n1. The fraction of sp³-hybridized carbons (Fsp3) is 0.583. The normalized spacial score (nSPS) is 13.2. The highest BCUT2D eigenvalue weighted by atomic mass is 32.2. The van der Waals surface area contributed by atoms with E-state index < -0.39 is 0 Å². The van der Waals surface area contributed by atoms with Crippen molar-refractivity contribution < 1.29 is 0 Å². The van der Waals surface area contributed by atoms with Crippen molar-refractivity contribution in [1.82, 2.24) is 20.2 Å². The smallest absolute Gasteiger partial charge is 0.225 e. The Morgan fingerprint density at radius 1 is 1.33 bits per heavy atom. The molecule has 1 unspecified atom stereocenters. The van der Waals surface area contributed by atoms with Crippen LogP contribution in [-0.4, -0.2) is 32.0 Å². The molecule has 0 aromatic carbocycles. The molecule has 0 saturated heterocycles. The molecule has 18 heavy (non-hydrogen) atoms. The average Bonchev–Trinajstić information content (AvgIpc) is 2.77. The Hall–Kier alpha value is -1.30. The average molecular weight is 265 g/mol. The lowest BCUT2D eigenvalue weighted by molar-refractivity contribution is 0.642. The van der Waals surface area contributed by atoms with Crippen LogP contribution in [0.15, 0.2) is 11.2 Å². The maximum absolute atomic E-state index is 4.57. The highest BCUT2D eigenvalue weighted by Crippen LogP contribution is 2.31. The first-order valence-electron chi connectivity index (χ1n) is 6.23. The summed E-state index contributed by atoms with van der Waals surface area (Å²) in [5.41, 5.74) is 0.791. The van der Waals surface area contributed by atoms with E-state index in [1.54, 1.807) is 18.0 Å². The molecule has 0 fully saturated rings. The van der Waals surface area contributed by atoms with E-state index in [9.17, 15) is 0 Å². The minimum absolute atomic E-state index is 0.507. The maximum Gasteiger partial charge on any atom is 0.225 e. The summed E-state index contributed by atoms with van der Waals surface area (Å²) in [6.45, 7) is 9.50. The summed E-state index contributed by atoms with van der Waals surface area (Å²) in [5, 5.41) is 12.6. The molecule has 0 spiro atoms. The third-order valence-electron chi connectivity index (χ3n) is 2.85. The Balaban J connectivity index is 2.37. The molecule has 0 bridgehead atoms. The van der Waals surface area contributed by atoms with Crippen LogP contribution < -0.4 is 5.32 Å². The van der Waals surface area contributed by atoms with Gasteiger partial charge in [0.05, 0.1) is 11.6 Å². The fourth-order valence-electron chi connectivity index (χ4n) is 1.45. The van der Waals surface area contributed by atoms with Gasteiger partial charge in [-0.2, -0.15) is 10.1 Å². The first-order chi connectivity index (χ1) is 8.61. The summed E-state index contributed by atoms with van der Waals surface area (Å²) in [6.07, 6.45) is 1.79. The van der Waals surface area contributed by atoms with Crippen molar-refractivity contribution in [2.75, 3.05) is 11.9 Å². The van der Waals surface area contributed by atoms with Gasteiger partial charge in [0.1, 0.15) is 5.03 Å². The summed E-state index contributed by atoms with van der Waals surface area (Å²) in [4.78, 5) is 8.95. The number of anilines is 1. The molecule has 0 saturated carbocycles. The topological polar surface area (TPSA) is 66.5 Å². The maximum atomic E-state index is 4.57. The lowest BCUT2D eigenvalue weighted by Crippen LogP contribution is -2.08. The van der Waals surface area contributed by atoms with Gasteiger partial charge in [-0.1, -0.05) is 20.8 Å². The predicted molar refractivity (Wildman–Crippen MR) is 76.0 cm³/mol. The predicted octanol–water partition coefficient (Wildman–Crippen LogP) is 2.92. The number of rotatable bonds is 5. The van der Waals surface area contributed by atoms with Crippen molar-refractivity contribution in [2.24, 2.45) is 5.92 Å². The quantitative estimate of drug-likeness (QED) is 0.642. The van der Waals surface area contributed by atoms with Gasteiger partial charge in [0.2, 0.25) is 5.95 Å². The number of fused-ring (bicyclic) bond motifs is 1. The molecule has 2 heterocycles. The van der Waals surface area contributed by atoms with Gasteiger partial charge in [0.25, 0.3) is 0 Å². The first kappa shape index (κ1) is 13.1. The zero-order valence-corrected chi connectivity index (χ0v) is 12.0. The van der Waals surface area contributed by atoms with Gasteiger partial charge in [-0.15, -0.1) is 11.8 Å². The second-order valence-electron chi connectivity index (χ2n) is 4.58. The number of aromatic amines is 1. The Labute approximate surface area is 111 Å². The van der Waals surface area contributed by atoms with Crippen molar-refractivity contribution in [3.63, 3.8) is 0 Å². The van der Waals surface area contributed by atoms with Gasteiger partial charge in [-0.05, 0) is 12.8 Å². The van der Waals surface area contributed by atoms with Crippen molar-refractivity contribution >= 4 is 28.7 Å². The van der Waals surface area contributed by atoms with Crippen LogP contribution in [0.1, 0.15) is 27.7 Å². The molecular formula is C12H19N5S. The standard InChI is InChI=1S/C12H19N5S/c1-5-13-12-15-10-9(6-14-17-10)11(16-12)18-8(4)7(2)3/h6-8H,5H2,1-4H3,(H2,13,14,15,16,17). The van der Waals surface area contributed by atoms with Crippen LogP contribution in [0.25, 0.3) is 11.0 Å². The molecule has 6 heteroatoms. The molecule has 0 aliphatic carbocycles. The second-order valence-corrected chi connectivity index (χ2v) is 5.95. The summed E-state index contributed by atoms with van der Waals surface area (Å²) in [7, 11) is 0. The lowest BCUT2D eigenvalue weighted by Gasteiger charge is -2.15. The molecular weight excluding hydrogens is 246 g/mol. The van der Waals surface area contributed by atoms with E-state index in [1.165, 1.54) is 0 Å². The molecule has 0 aliphatic heterocycles. The molecule has 0 radical (unpaired) electrons. The van der Waals surface area contributed by atoms with E-state index in [0.717, 1.165) is 22.6 Å². The van der Waals surface area contributed by atoms with E-state index in [4.69, 9.17) is 0 Å². The molecule has 0 amide bonds. The van der Waals surface area contributed by atoms with Crippen LogP contribution in [-0.2, 0) is 0 Å². The summed E-state index contributed by atoms with van der Waals surface area (Å²) in [6, 6.07) is 0. The van der Waals surface area contributed by atoms with Gasteiger partial charge < -0.3 is 5.32 Å². The minimum Gasteiger partial charge on any atom is -0.354 e. The molecule has 2 aromatic heterocycles. The van der Waals surface area contributed by atoms with Gasteiger partial charge in [0.15, 0.2) is 5.65 Å². The monoisotopic (exact) mass is 265 g/mol. The minimum atomic E-state index is 0.507. The van der Waals surface area contributed by atoms with E-state index >= 15 is 0 Å². The van der Waals surface area contributed by atoms with Crippen LogP contribution in [0.5, 0.6) is 0 Å². The number of H-pyrrole nitrogens is 1. The summed E-state index contributed by atoms with van der Waals surface area (Å²) in [5.74, 6) is 1.27. The van der Waals surface area contributed by atoms with Crippen LogP contribution >= 0.6 is 11.8 Å². The van der Waals surface area contributed by atoms with Gasteiger partial charge >= 0.3 is 0 Å². The van der Waals surface area contributed by atoms with Crippen LogP contribution in [0.2, 0.25) is 0 Å². The number of hydrogen-bond acceptors (Lipinski definition) is 5. The summed E-state index contributed by atoms with van der Waals surface area (Å²) >= 11 is 1.77. The Bertz CT molecular complexity index is 522. The van der Waals surface area contributed by atoms with Gasteiger partial charge in [-0.25, -0.2) is 4.98 Å². The second kappa shape index (κ2) is 5.56. The van der Waals surface area contributed by atoms with E-state index in [2.05, 4.69) is 46.3 Å². The van der Waals surface area contributed by atoms with Crippen LogP contribution in [0, 0.1) is 5.92 Å². The molecule has 2 aromatic rings. The Morgan fingerprint density at radius 3 is 2.78 bits per heavy atom. The van der Waals surface area contributed by atoms with E-state index in [0.29, 0.717) is 17.1 Å². The first-order valence-corrected chi connectivity index (χ1v) is 7.11. The number of nitrogens with zero attached hydrogens (tertiary/aromatic N) is 3. The van der Waals surface area contributed by atoms with Crippen molar-refractivity contribution in [3.05, 3.63) is 6.20 Å². The fourth-order valence-corrected chi connectivity index (χ4v) is 2.49. The Kier molecular flexibility index (Phi) is 4.06. The van der Waals surface area contributed by atoms with E-state index in [1.807, 2.05) is 6.92 Å². The highest BCUT2D eigenvalue weighted by Gasteiger charge is 2.15. The number of thioether (sulfide) groups is 1. The molecule has 0 aliphatic rings. The van der Waals surface area contributed by atoms with Crippen LogP contribution in [0.4, 0.5) is 5.95 Å². The number of nitrogens with one attached hydrogen (secondary N) is 2.